The van der Waals surface area contributed by atoms with Gasteiger partial charge in [0.25, 0.3) is 0 Å². The van der Waals surface area contributed by atoms with E-state index < -0.39 is 0 Å². The van der Waals surface area contributed by atoms with Crippen LogP contribution in [0.1, 0.15) is 12.8 Å². The molecule has 1 fully saturated rings. The van der Waals surface area contributed by atoms with E-state index in [0.29, 0.717) is 13.2 Å². The molecule has 0 spiro atoms. The van der Waals surface area contributed by atoms with Crippen LogP contribution in [0.3, 0.4) is 0 Å². The zero-order valence-corrected chi connectivity index (χ0v) is 7.75. The first-order valence-electron chi connectivity index (χ1n) is 3.18. The van der Waals surface area contributed by atoms with Crippen LogP contribution in [0.25, 0.3) is 0 Å². The van der Waals surface area contributed by atoms with E-state index in [1.807, 2.05) is 0 Å². The number of amides is 1. The van der Waals surface area contributed by atoms with Crippen molar-refractivity contribution in [3.8, 4) is 0 Å². The third-order valence-corrected chi connectivity index (χ3v) is 1.62. The zero-order chi connectivity index (χ0) is 6.69. The molecule has 0 aromatic carbocycles. The summed E-state index contributed by atoms with van der Waals surface area (Å²) in [6.07, 6.45) is 1.60. The van der Waals surface area contributed by atoms with E-state index in [0.717, 1.165) is 12.8 Å². The summed E-state index contributed by atoms with van der Waals surface area (Å²) in [5.41, 5.74) is 5.07. The van der Waals surface area contributed by atoms with Gasteiger partial charge in [-0.1, -0.05) is 0 Å². The summed E-state index contributed by atoms with van der Waals surface area (Å²) in [5.74, 6) is -0.114. The quantitative estimate of drug-likeness (QED) is 0.681. The Labute approximate surface area is 78.5 Å². The zero-order valence-electron chi connectivity index (χ0n) is 6.12. The number of nitrogens with two attached hydrogens (primary N) is 1. The highest BCUT2D eigenvalue weighted by molar-refractivity contribution is 5.85. The molecule has 0 atom stereocenters. The van der Waals surface area contributed by atoms with E-state index in [-0.39, 0.29) is 36.6 Å². The topological polar surface area (TPSA) is 52.3 Å². The van der Waals surface area contributed by atoms with Crippen LogP contribution in [0.5, 0.6) is 0 Å². The van der Waals surface area contributed by atoms with Crippen molar-refractivity contribution in [3.05, 3.63) is 0 Å². The van der Waals surface area contributed by atoms with E-state index in [1.54, 1.807) is 0 Å². The minimum absolute atomic E-state index is 0. The van der Waals surface area contributed by atoms with E-state index in [4.69, 9.17) is 10.5 Å². The lowest BCUT2D eigenvalue weighted by Crippen LogP contribution is -2.28. The highest BCUT2D eigenvalue weighted by Crippen LogP contribution is 2.12. The van der Waals surface area contributed by atoms with Crippen LogP contribution in [0.15, 0.2) is 0 Å². The molecule has 0 unspecified atom stereocenters. The van der Waals surface area contributed by atoms with Gasteiger partial charge in [-0.2, -0.15) is 0 Å². The van der Waals surface area contributed by atoms with Crippen LogP contribution in [0.4, 0.5) is 0 Å². The van der Waals surface area contributed by atoms with Gasteiger partial charge in [0.05, 0.1) is 0 Å². The number of carbonyl (C=O) groups excluding carboxylic acids is 1. The molecule has 5 heteroatoms. The van der Waals surface area contributed by atoms with Crippen LogP contribution >= 0.6 is 24.8 Å². The van der Waals surface area contributed by atoms with E-state index in [2.05, 4.69) is 0 Å². The number of carbonyl (C=O) groups is 1. The molecule has 2 N–H and O–H groups in total. The van der Waals surface area contributed by atoms with Gasteiger partial charge in [-0.3, -0.25) is 4.79 Å². The second-order valence-corrected chi connectivity index (χ2v) is 2.29. The first-order valence-corrected chi connectivity index (χ1v) is 3.18. The maximum absolute atomic E-state index is 10.5. The summed E-state index contributed by atoms with van der Waals surface area (Å²) in [5, 5.41) is 0. The number of rotatable bonds is 1. The fourth-order valence-electron chi connectivity index (χ4n) is 0.982. The average molecular weight is 202 g/mol. The molecular weight excluding hydrogens is 189 g/mol. The van der Waals surface area contributed by atoms with Crippen molar-refractivity contribution >= 4 is 30.7 Å². The highest BCUT2D eigenvalue weighted by Gasteiger charge is 2.17. The SMILES string of the molecule is Cl.Cl.NC(=O)C1CCOCC1. The molecule has 0 radical (unpaired) electrons. The van der Waals surface area contributed by atoms with Crippen molar-refractivity contribution < 1.29 is 9.53 Å². The van der Waals surface area contributed by atoms with Crippen LogP contribution in [-0.4, -0.2) is 19.1 Å². The largest absolute Gasteiger partial charge is 0.381 e. The standard InChI is InChI=1S/C6H11NO2.2ClH/c7-6(8)5-1-3-9-4-2-5;;/h5H,1-4H2,(H2,7,8);2*1H. The molecular formula is C6H13Cl2NO2. The lowest BCUT2D eigenvalue weighted by Gasteiger charge is -2.18. The molecule has 0 bridgehead atoms. The molecule has 1 aliphatic heterocycles. The normalized spacial score (nSPS) is 17.8. The molecule has 1 heterocycles. The minimum atomic E-state index is -0.182. The molecule has 0 aromatic heterocycles. The van der Waals surface area contributed by atoms with Gasteiger partial charge in [-0.15, -0.1) is 24.8 Å². The van der Waals surface area contributed by atoms with Crippen LogP contribution in [0, 0.1) is 5.92 Å². The number of primary amides is 1. The molecule has 68 valence electrons. The van der Waals surface area contributed by atoms with Gasteiger partial charge >= 0.3 is 0 Å². The lowest BCUT2D eigenvalue weighted by molar-refractivity contribution is -0.124. The minimum Gasteiger partial charge on any atom is -0.381 e. The Morgan fingerprint density at radius 1 is 1.27 bits per heavy atom. The summed E-state index contributed by atoms with van der Waals surface area (Å²) in [6, 6.07) is 0. The van der Waals surface area contributed by atoms with Gasteiger partial charge in [0, 0.05) is 19.1 Å². The monoisotopic (exact) mass is 201 g/mol. The van der Waals surface area contributed by atoms with Crippen molar-refractivity contribution in [2.24, 2.45) is 11.7 Å². The van der Waals surface area contributed by atoms with Gasteiger partial charge in [-0.05, 0) is 12.8 Å². The van der Waals surface area contributed by atoms with E-state index in [1.165, 1.54) is 0 Å². The first kappa shape index (κ1) is 13.6. The summed E-state index contributed by atoms with van der Waals surface area (Å²) in [6.45, 7) is 1.38. The van der Waals surface area contributed by atoms with Gasteiger partial charge in [-0.25, -0.2) is 0 Å². The van der Waals surface area contributed by atoms with Crippen LogP contribution in [0.2, 0.25) is 0 Å². The predicted octanol–water partition coefficient (Wildman–Crippen LogP) is 0.742. The van der Waals surface area contributed by atoms with Crippen molar-refractivity contribution in [3.63, 3.8) is 0 Å². The summed E-state index contributed by atoms with van der Waals surface area (Å²) >= 11 is 0. The van der Waals surface area contributed by atoms with E-state index in [9.17, 15) is 4.79 Å². The molecule has 0 aromatic rings. The van der Waals surface area contributed by atoms with Gasteiger partial charge in [0.2, 0.25) is 5.91 Å². The second kappa shape index (κ2) is 6.70. The number of hydrogen-bond donors (Lipinski definition) is 1. The fourth-order valence-corrected chi connectivity index (χ4v) is 0.982. The Morgan fingerprint density at radius 3 is 2.00 bits per heavy atom. The third-order valence-electron chi connectivity index (χ3n) is 1.62. The molecule has 0 aliphatic carbocycles. The smallest absolute Gasteiger partial charge is 0.220 e. The lowest BCUT2D eigenvalue weighted by atomic mass is 10.0. The van der Waals surface area contributed by atoms with Crippen molar-refractivity contribution in [1.82, 2.24) is 0 Å². The van der Waals surface area contributed by atoms with Crippen LogP contribution in [-0.2, 0) is 9.53 Å². The molecule has 3 nitrogen and oxygen atoms in total. The van der Waals surface area contributed by atoms with Gasteiger partial charge in [0.1, 0.15) is 0 Å². The first-order chi connectivity index (χ1) is 4.30. The molecule has 1 amide bonds. The number of ether oxygens (including phenoxy) is 1. The predicted molar refractivity (Wildman–Crippen MR) is 47.2 cm³/mol. The average Bonchev–Trinajstić information content (AvgIpc) is 1.90. The molecule has 1 saturated heterocycles. The Hall–Kier alpha value is 0.01000. The fraction of sp³-hybridized carbons (Fsp3) is 0.833. The maximum atomic E-state index is 10.5. The van der Waals surface area contributed by atoms with Crippen molar-refractivity contribution in [2.45, 2.75) is 12.8 Å². The van der Waals surface area contributed by atoms with Crippen molar-refractivity contribution in [1.29, 1.82) is 0 Å². The molecule has 11 heavy (non-hydrogen) atoms. The van der Waals surface area contributed by atoms with Crippen LogP contribution < -0.4 is 5.73 Å². The summed E-state index contributed by atoms with van der Waals surface area (Å²) < 4.78 is 5.04. The second-order valence-electron chi connectivity index (χ2n) is 2.29. The van der Waals surface area contributed by atoms with Crippen molar-refractivity contribution in [2.75, 3.05) is 13.2 Å². The maximum Gasteiger partial charge on any atom is 0.220 e. The Bertz CT molecular complexity index is 115. The molecule has 1 rings (SSSR count). The van der Waals surface area contributed by atoms with Gasteiger partial charge in [0.15, 0.2) is 0 Å². The van der Waals surface area contributed by atoms with Gasteiger partial charge < -0.3 is 10.5 Å². The Balaban J connectivity index is 0. The Morgan fingerprint density at radius 2 is 1.73 bits per heavy atom. The third kappa shape index (κ3) is 4.45. The highest BCUT2D eigenvalue weighted by atomic mass is 35.5. The summed E-state index contributed by atoms with van der Waals surface area (Å²) in [7, 11) is 0. The number of hydrogen-bond acceptors (Lipinski definition) is 2. The Kier molecular flexibility index (Phi) is 8.28. The van der Waals surface area contributed by atoms with E-state index >= 15 is 0 Å². The molecule has 1 aliphatic rings. The number of halogens is 2. The summed E-state index contributed by atoms with van der Waals surface area (Å²) in [4.78, 5) is 10.5. The molecule has 0 saturated carbocycles.